The molecule has 0 aromatic heterocycles. The highest BCUT2D eigenvalue weighted by Gasteiger charge is 2.30. The lowest BCUT2D eigenvalue weighted by molar-refractivity contribution is 0.0446. The van der Waals surface area contributed by atoms with Crippen LogP contribution in [0.5, 0.6) is 0 Å². The smallest absolute Gasteiger partial charge is 0.253 e. The van der Waals surface area contributed by atoms with Crippen molar-refractivity contribution >= 4 is 5.91 Å². The van der Waals surface area contributed by atoms with Crippen LogP contribution in [0.3, 0.4) is 0 Å². The van der Waals surface area contributed by atoms with Crippen LogP contribution in [0.2, 0.25) is 0 Å². The lowest BCUT2D eigenvalue weighted by Gasteiger charge is -2.42. The molecule has 0 bridgehead atoms. The Balaban J connectivity index is 1.57. The third-order valence-corrected chi connectivity index (χ3v) is 5.95. The molecule has 0 saturated carbocycles. The number of likely N-dealkylation sites (tertiary alicyclic amines) is 2. The van der Waals surface area contributed by atoms with Gasteiger partial charge in [-0.25, -0.2) is 0 Å². The molecule has 2 aliphatic rings. The summed E-state index contributed by atoms with van der Waals surface area (Å²) in [6.45, 7) is 8.58. The summed E-state index contributed by atoms with van der Waals surface area (Å²) in [6, 6.07) is 8.68. The lowest BCUT2D eigenvalue weighted by atomic mass is 9.94. The van der Waals surface area contributed by atoms with Gasteiger partial charge in [-0.3, -0.25) is 9.69 Å². The molecule has 1 amide bonds. The van der Waals surface area contributed by atoms with Gasteiger partial charge >= 0.3 is 0 Å². The lowest BCUT2D eigenvalue weighted by Crippen LogP contribution is -2.52. The largest absolute Gasteiger partial charge is 0.396 e. The highest BCUT2D eigenvalue weighted by Crippen LogP contribution is 2.24. The number of hydrogen-bond donors (Lipinski definition) is 1. The van der Waals surface area contributed by atoms with Crippen molar-refractivity contribution < 1.29 is 9.90 Å². The average molecular weight is 359 g/mol. The Labute approximate surface area is 158 Å². The normalized spacial score (nSPS) is 22.8. The SMILES string of the molecule is CC(C)Cc1ccc(C(=O)N2CCCC(N3CCC(CO)CC3)C2)cc1. The number of carbonyl (C=O) groups excluding carboxylic acids is 1. The number of piperidine rings is 2. The van der Waals surface area contributed by atoms with Crippen LogP contribution < -0.4 is 0 Å². The van der Waals surface area contributed by atoms with E-state index in [0.29, 0.717) is 24.5 Å². The minimum Gasteiger partial charge on any atom is -0.396 e. The van der Waals surface area contributed by atoms with Crippen molar-refractivity contribution in [2.24, 2.45) is 11.8 Å². The molecular weight excluding hydrogens is 324 g/mol. The molecular formula is C22H34N2O2. The van der Waals surface area contributed by atoms with Crippen molar-refractivity contribution in [3.05, 3.63) is 35.4 Å². The number of aliphatic hydroxyl groups excluding tert-OH is 1. The number of hydrogen-bond acceptors (Lipinski definition) is 3. The van der Waals surface area contributed by atoms with E-state index in [1.54, 1.807) is 0 Å². The fraction of sp³-hybridized carbons (Fsp3) is 0.682. The van der Waals surface area contributed by atoms with E-state index in [4.69, 9.17) is 0 Å². The molecule has 4 nitrogen and oxygen atoms in total. The van der Waals surface area contributed by atoms with E-state index in [0.717, 1.165) is 57.4 Å². The van der Waals surface area contributed by atoms with Crippen molar-refractivity contribution in [1.29, 1.82) is 0 Å². The van der Waals surface area contributed by atoms with E-state index in [1.165, 1.54) is 12.0 Å². The van der Waals surface area contributed by atoms with Gasteiger partial charge < -0.3 is 10.0 Å². The van der Waals surface area contributed by atoms with Crippen LogP contribution in [0.1, 0.15) is 55.5 Å². The number of benzene rings is 1. The van der Waals surface area contributed by atoms with E-state index in [2.05, 4.69) is 30.9 Å². The van der Waals surface area contributed by atoms with E-state index in [1.807, 2.05) is 17.0 Å². The Morgan fingerprint density at radius 1 is 1.12 bits per heavy atom. The van der Waals surface area contributed by atoms with Crippen LogP contribution >= 0.6 is 0 Å². The zero-order valence-electron chi connectivity index (χ0n) is 16.4. The van der Waals surface area contributed by atoms with Gasteiger partial charge in [0.1, 0.15) is 0 Å². The second kappa shape index (κ2) is 9.01. The predicted molar refractivity (Wildman–Crippen MR) is 105 cm³/mol. The molecule has 0 spiro atoms. The summed E-state index contributed by atoms with van der Waals surface area (Å²) >= 11 is 0. The summed E-state index contributed by atoms with van der Waals surface area (Å²) in [5.41, 5.74) is 2.12. The van der Waals surface area contributed by atoms with Crippen molar-refractivity contribution in [3.8, 4) is 0 Å². The van der Waals surface area contributed by atoms with Gasteiger partial charge in [0.2, 0.25) is 0 Å². The zero-order chi connectivity index (χ0) is 18.5. The van der Waals surface area contributed by atoms with E-state index in [-0.39, 0.29) is 5.91 Å². The molecule has 4 heteroatoms. The molecule has 2 aliphatic heterocycles. The molecule has 1 aromatic rings. The van der Waals surface area contributed by atoms with Gasteiger partial charge in [-0.1, -0.05) is 26.0 Å². The van der Waals surface area contributed by atoms with Crippen LogP contribution in [0, 0.1) is 11.8 Å². The van der Waals surface area contributed by atoms with Crippen LogP contribution in [-0.4, -0.2) is 59.6 Å². The van der Waals surface area contributed by atoms with Crippen LogP contribution in [0.25, 0.3) is 0 Å². The Bertz CT molecular complexity index is 576. The predicted octanol–water partition coefficient (Wildman–Crippen LogP) is 3.19. The molecule has 2 heterocycles. The van der Waals surface area contributed by atoms with Crippen LogP contribution in [0.15, 0.2) is 24.3 Å². The van der Waals surface area contributed by atoms with Crippen molar-refractivity contribution in [2.45, 2.75) is 52.0 Å². The van der Waals surface area contributed by atoms with E-state index in [9.17, 15) is 9.90 Å². The number of amides is 1. The fourth-order valence-electron chi connectivity index (χ4n) is 4.38. The van der Waals surface area contributed by atoms with Crippen LogP contribution in [-0.2, 0) is 6.42 Å². The highest BCUT2D eigenvalue weighted by molar-refractivity contribution is 5.94. The first-order chi connectivity index (χ1) is 12.6. The van der Waals surface area contributed by atoms with Crippen LogP contribution in [0.4, 0.5) is 0 Å². The van der Waals surface area contributed by atoms with Gasteiger partial charge in [0, 0.05) is 31.3 Å². The molecule has 3 rings (SSSR count). The maximum Gasteiger partial charge on any atom is 0.253 e. The molecule has 0 radical (unpaired) electrons. The first-order valence-electron chi connectivity index (χ1n) is 10.3. The summed E-state index contributed by atoms with van der Waals surface area (Å²) in [7, 11) is 0. The van der Waals surface area contributed by atoms with Crippen molar-refractivity contribution in [1.82, 2.24) is 9.80 Å². The molecule has 2 saturated heterocycles. The van der Waals surface area contributed by atoms with Gasteiger partial charge in [-0.2, -0.15) is 0 Å². The summed E-state index contributed by atoms with van der Waals surface area (Å²) in [5, 5.41) is 9.32. The topological polar surface area (TPSA) is 43.8 Å². The summed E-state index contributed by atoms with van der Waals surface area (Å²) in [4.78, 5) is 17.5. The van der Waals surface area contributed by atoms with Gasteiger partial charge in [-0.05, 0) is 74.7 Å². The van der Waals surface area contributed by atoms with Crippen molar-refractivity contribution in [2.75, 3.05) is 32.8 Å². The molecule has 26 heavy (non-hydrogen) atoms. The number of carbonyl (C=O) groups is 1. The molecule has 144 valence electrons. The van der Waals surface area contributed by atoms with E-state index < -0.39 is 0 Å². The number of nitrogens with zero attached hydrogens (tertiary/aromatic N) is 2. The summed E-state index contributed by atoms with van der Waals surface area (Å²) < 4.78 is 0. The Hall–Kier alpha value is -1.39. The Morgan fingerprint density at radius 2 is 1.81 bits per heavy atom. The molecule has 1 N–H and O–H groups in total. The highest BCUT2D eigenvalue weighted by atomic mass is 16.3. The third kappa shape index (κ3) is 4.86. The van der Waals surface area contributed by atoms with E-state index >= 15 is 0 Å². The average Bonchev–Trinajstić information content (AvgIpc) is 2.68. The van der Waals surface area contributed by atoms with Crippen molar-refractivity contribution in [3.63, 3.8) is 0 Å². The van der Waals surface area contributed by atoms with Gasteiger partial charge in [0.05, 0.1) is 0 Å². The zero-order valence-corrected chi connectivity index (χ0v) is 16.4. The molecule has 1 aromatic carbocycles. The van der Waals surface area contributed by atoms with Gasteiger partial charge in [0.25, 0.3) is 5.91 Å². The maximum absolute atomic E-state index is 12.9. The number of rotatable bonds is 5. The molecule has 1 unspecified atom stereocenters. The van der Waals surface area contributed by atoms with Gasteiger partial charge in [0.15, 0.2) is 0 Å². The number of aliphatic hydroxyl groups is 1. The summed E-state index contributed by atoms with van der Waals surface area (Å²) in [5.74, 6) is 1.28. The monoisotopic (exact) mass is 358 g/mol. The standard InChI is InChI=1S/C22H34N2O2/c1-17(2)14-18-5-7-20(8-6-18)22(26)24-11-3-4-21(15-24)23-12-9-19(16-25)10-13-23/h5-8,17,19,21,25H,3-4,9-16H2,1-2H3. The molecule has 0 aliphatic carbocycles. The maximum atomic E-state index is 12.9. The first kappa shape index (κ1) is 19.4. The minimum atomic E-state index is 0.177. The first-order valence-corrected chi connectivity index (χ1v) is 10.3. The molecule has 1 atom stereocenters. The third-order valence-electron chi connectivity index (χ3n) is 5.95. The second-order valence-electron chi connectivity index (χ2n) is 8.50. The minimum absolute atomic E-state index is 0.177. The molecule has 2 fully saturated rings. The Kier molecular flexibility index (Phi) is 6.71. The van der Waals surface area contributed by atoms with Gasteiger partial charge in [-0.15, -0.1) is 0 Å². The fourth-order valence-corrected chi connectivity index (χ4v) is 4.38. The Morgan fingerprint density at radius 3 is 2.42 bits per heavy atom. The quantitative estimate of drug-likeness (QED) is 0.879. The second-order valence-corrected chi connectivity index (χ2v) is 8.50. The summed E-state index contributed by atoms with van der Waals surface area (Å²) in [6.07, 6.45) is 5.49.